The molecule has 0 bridgehead atoms. The summed E-state index contributed by atoms with van der Waals surface area (Å²) < 4.78 is 0. The van der Waals surface area contributed by atoms with Crippen molar-refractivity contribution in [2.24, 2.45) is 17.4 Å². The van der Waals surface area contributed by atoms with Crippen LogP contribution in [-0.2, 0) is 0 Å². The minimum Gasteiger partial charge on any atom is -0.395 e. The minimum absolute atomic E-state index is 0.144. The molecule has 0 aliphatic carbocycles. The molecule has 5 unspecified atom stereocenters. The Morgan fingerprint density at radius 2 is 1.21 bits per heavy atom. The number of nitrogens with two attached hydrogens (primary N) is 2. The molecule has 29 heavy (non-hydrogen) atoms. The highest BCUT2D eigenvalue weighted by atomic mass is 16.3. The van der Waals surface area contributed by atoms with E-state index >= 15 is 0 Å². The van der Waals surface area contributed by atoms with E-state index in [1.807, 2.05) is 13.0 Å². The van der Waals surface area contributed by atoms with Gasteiger partial charge in [-0.2, -0.15) is 0 Å². The van der Waals surface area contributed by atoms with Crippen molar-refractivity contribution in [3.63, 3.8) is 0 Å². The Morgan fingerprint density at radius 3 is 1.62 bits per heavy atom. The molecule has 0 aromatic heterocycles. The van der Waals surface area contributed by atoms with Crippen molar-refractivity contribution in [2.45, 2.75) is 116 Å². The topological polar surface area (TPSA) is 133 Å². The summed E-state index contributed by atoms with van der Waals surface area (Å²) in [6.07, 6.45) is 16.4. The summed E-state index contributed by atoms with van der Waals surface area (Å²) >= 11 is 0. The first-order chi connectivity index (χ1) is 13.8. The van der Waals surface area contributed by atoms with Gasteiger partial charge in [0.05, 0.1) is 37.5 Å². The Hall–Kier alpha value is -0.500. The first-order valence-electron chi connectivity index (χ1n) is 11.6. The lowest BCUT2D eigenvalue weighted by molar-refractivity contribution is 0.106. The van der Waals surface area contributed by atoms with Crippen molar-refractivity contribution < 1.29 is 20.4 Å². The molecule has 5 atom stereocenters. The van der Waals surface area contributed by atoms with E-state index in [0.717, 1.165) is 6.42 Å². The molecule has 0 aromatic rings. The Bertz CT molecular complexity index is 348. The van der Waals surface area contributed by atoms with Crippen molar-refractivity contribution >= 4 is 0 Å². The molecular formula is C23H50N2O4. The van der Waals surface area contributed by atoms with Crippen molar-refractivity contribution in [3.8, 4) is 0 Å². The van der Waals surface area contributed by atoms with Crippen molar-refractivity contribution in [1.82, 2.24) is 0 Å². The maximum Gasteiger partial charge on any atom is 0.0894 e. The van der Waals surface area contributed by atoms with Crippen LogP contribution in [0, 0.1) is 5.92 Å². The molecule has 0 saturated heterocycles. The van der Waals surface area contributed by atoms with E-state index in [9.17, 15) is 5.11 Å². The second-order valence-electron chi connectivity index (χ2n) is 8.14. The molecule has 0 aliphatic heterocycles. The molecule has 176 valence electrons. The lowest BCUT2D eigenvalue weighted by Crippen LogP contribution is -2.37. The van der Waals surface area contributed by atoms with Crippen LogP contribution in [0.1, 0.15) is 91.4 Å². The molecule has 0 rings (SSSR count). The number of unbranched alkanes of at least 4 members (excludes halogenated alkanes) is 8. The maximum atomic E-state index is 9.63. The summed E-state index contributed by atoms with van der Waals surface area (Å²) in [5.74, 6) is 0.468. The Labute approximate surface area is 179 Å². The lowest BCUT2D eigenvalue weighted by atomic mass is 10.00. The van der Waals surface area contributed by atoms with Crippen LogP contribution in [0.25, 0.3) is 0 Å². The number of hydrogen-bond acceptors (Lipinski definition) is 6. The minimum atomic E-state index is -0.736. The van der Waals surface area contributed by atoms with Crippen LogP contribution in [0.5, 0.6) is 0 Å². The van der Waals surface area contributed by atoms with Gasteiger partial charge in [0.2, 0.25) is 0 Å². The summed E-state index contributed by atoms with van der Waals surface area (Å²) in [7, 11) is 0. The van der Waals surface area contributed by atoms with Gasteiger partial charge < -0.3 is 31.9 Å². The molecule has 0 saturated carbocycles. The summed E-state index contributed by atoms with van der Waals surface area (Å²) in [5.41, 5.74) is 10.8. The third-order valence-electron chi connectivity index (χ3n) is 5.17. The Morgan fingerprint density at radius 1 is 0.724 bits per heavy atom. The predicted molar refractivity (Wildman–Crippen MR) is 123 cm³/mol. The second-order valence-corrected chi connectivity index (χ2v) is 8.14. The van der Waals surface area contributed by atoms with Gasteiger partial charge in [0.25, 0.3) is 0 Å². The first-order valence-corrected chi connectivity index (χ1v) is 11.6. The van der Waals surface area contributed by atoms with Gasteiger partial charge in [0, 0.05) is 0 Å². The number of aliphatic hydroxyl groups is 4. The average molecular weight is 419 g/mol. The van der Waals surface area contributed by atoms with Gasteiger partial charge >= 0.3 is 0 Å². The van der Waals surface area contributed by atoms with Gasteiger partial charge in [-0.15, -0.1) is 0 Å². The molecule has 0 aliphatic rings. The zero-order chi connectivity index (χ0) is 22.5. The van der Waals surface area contributed by atoms with E-state index in [0.29, 0.717) is 12.3 Å². The van der Waals surface area contributed by atoms with Gasteiger partial charge in [0.15, 0.2) is 0 Å². The van der Waals surface area contributed by atoms with Gasteiger partial charge in [-0.3, -0.25) is 0 Å². The quantitative estimate of drug-likeness (QED) is 0.159. The molecule has 0 heterocycles. The monoisotopic (exact) mass is 418 g/mol. The highest BCUT2D eigenvalue weighted by Gasteiger charge is 2.10. The van der Waals surface area contributed by atoms with Gasteiger partial charge in [-0.1, -0.05) is 90.7 Å². The molecule has 0 radical (unpaired) electrons. The summed E-state index contributed by atoms with van der Waals surface area (Å²) in [6.45, 7) is 5.91. The zero-order valence-electron chi connectivity index (χ0n) is 19.2. The van der Waals surface area contributed by atoms with E-state index in [2.05, 4.69) is 13.8 Å². The van der Waals surface area contributed by atoms with E-state index in [1.54, 1.807) is 6.08 Å². The van der Waals surface area contributed by atoms with Crippen molar-refractivity contribution in [1.29, 1.82) is 0 Å². The molecule has 8 N–H and O–H groups in total. The molecular weight excluding hydrogens is 368 g/mol. The highest BCUT2D eigenvalue weighted by Crippen LogP contribution is 2.14. The third kappa shape index (κ3) is 20.5. The fourth-order valence-corrected chi connectivity index (χ4v) is 2.85. The largest absolute Gasteiger partial charge is 0.395 e. The van der Waals surface area contributed by atoms with Crippen LogP contribution in [0.15, 0.2) is 12.2 Å². The zero-order valence-corrected chi connectivity index (χ0v) is 19.2. The number of aliphatic hydroxyl groups excluding tert-OH is 4. The highest BCUT2D eigenvalue weighted by molar-refractivity contribution is 4.95. The number of rotatable bonds is 17. The first kappa shape index (κ1) is 30.7. The van der Waals surface area contributed by atoms with Crippen LogP contribution in [0.3, 0.4) is 0 Å². The van der Waals surface area contributed by atoms with Crippen LogP contribution >= 0.6 is 0 Å². The van der Waals surface area contributed by atoms with E-state index < -0.39 is 24.3 Å². The van der Waals surface area contributed by atoms with Crippen LogP contribution in [-0.4, -0.2) is 57.9 Å². The smallest absolute Gasteiger partial charge is 0.0894 e. The average Bonchev–Trinajstić information content (AvgIpc) is 2.74. The molecule has 0 amide bonds. The van der Waals surface area contributed by atoms with Gasteiger partial charge in [-0.25, -0.2) is 0 Å². The fraction of sp³-hybridized carbons (Fsp3) is 0.913. The van der Waals surface area contributed by atoms with Crippen molar-refractivity contribution in [3.05, 3.63) is 12.2 Å². The van der Waals surface area contributed by atoms with E-state index in [1.165, 1.54) is 57.8 Å². The lowest BCUT2D eigenvalue weighted by Gasteiger charge is -2.13. The molecule has 6 heteroatoms. The normalized spacial score (nSPS) is 16.7. The molecule has 0 fully saturated rings. The standard InChI is InChI=1S/C18H37NO2.C5H13NO2/c1-3-4-5-6-7-8-9-10-11-12-16(2)13-14-18(21)17(19)15-20;1-2-5(8)4(6)3-7/h13-14,16-18,20-21H,3-12,15,19H2,1-2H3;4-5,7-8H,2-3,6H2,1H3/b14-13+;. The van der Waals surface area contributed by atoms with Crippen molar-refractivity contribution in [2.75, 3.05) is 13.2 Å². The third-order valence-corrected chi connectivity index (χ3v) is 5.17. The van der Waals surface area contributed by atoms with Gasteiger partial charge in [0.1, 0.15) is 0 Å². The Kier molecular flexibility index (Phi) is 23.5. The predicted octanol–water partition coefficient (Wildman–Crippen LogP) is 2.86. The van der Waals surface area contributed by atoms with Gasteiger partial charge in [-0.05, 0) is 18.8 Å². The SMILES string of the molecule is CCC(O)C(N)CO.CCCCCCCCCCCC(C)/C=C/C(O)C(N)CO. The summed E-state index contributed by atoms with van der Waals surface area (Å²) in [6, 6.07) is -1.04. The van der Waals surface area contributed by atoms with Crippen LogP contribution < -0.4 is 11.5 Å². The maximum absolute atomic E-state index is 9.63. The van der Waals surface area contributed by atoms with Crippen LogP contribution in [0.4, 0.5) is 0 Å². The van der Waals surface area contributed by atoms with E-state index in [4.69, 9.17) is 26.8 Å². The van der Waals surface area contributed by atoms with E-state index in [-0.39, 0.29) is 13.2 Å². The number of allylic oxidation sites excluding steroid dienone is 1. The Balaban J connectivity index is 0. The number of hydrogen-bond donors (Lipinski definition) is 6. The molecule has 0 aromatic carbocycles. The summed E-state index contributed by atoms with van der Waals surface area (Å²) in [4.78, 5) is 0. The van der Waals surface area contributed by atoms with Crippen LogP contribution in [0.2, 0.25) is 0 Å². The second kappa shape index (κ2) is 22.2. The fourth-order valence-electron chi connectivity index (χ4n) is 2.85. The molecule has 0 spiro atoms. The summed E-state index contributed by atoms with van der Waals surface area (Å²) in [5, 5.41) is 35.7. The molecule has 6 nitrogen and oxygen atoms in total.